The van der Waals surface area contributed by atoms with Gasteiger partial charge in [-0.05, 0) is 37.3 Å². The summed E-state index contributed by atoms with van der Waals surface area (Å²) in [6.07, 6.45) is -0.110. The van der Waals surface area contributed by atoms with Gasteiger partial charge in [0.05, 0.1) is 13.2 Å². The fourth-order valence-electron chi connectivity index (χ4n) is 2.11. The third-order valence-electron chi connectivity index (χ3n) is 3.25. The van der Waals surface area contributed by atoms with E-state index in [0.717, 1.165) is 17.0 Å². The molecule has 136 valence electrons. The van der Waals surface area contributed by atoms with Gasteiger partial charge < -0.3 is 20.5 Å². The third kappa shape index (κ3) is 7.50. The number of ether oxygens (including phenoxy) is 2. The molecular weight excluding hydrogens is 453 g/mol. The molecule has 1 unspecified atom stereocenters. The summed E-state index contributed by atoms with van der Waals surface area (Å²) in [5.74, 6) is 1.09. The van der Waals surface area contributed by atoms with Crippen molar-refractivity contribution in [3.8, 4) is 5.75 Å². The fraction of sp³-hybridized carbons (Fsp3) is 0.278. The van der Waals surface area contributed by atoms with Gasteiger partial charge >= 0.3 is 0 Å². The minimum Gasteiger partial charge on any atom is -0.489 e. The second-order valence-corrected chi connectivity index (χ2v) is 5.76. The van der Waals surface area contributed by atoms with E-state index in [-0.39, 0.29) is 30.1 Å². The maximum atomic E-state index is 5.96. The highest BCUT2D eigenvalue weighted by molar-refractivity contribution is 14.0. The Morgan fingerprint density at radius 2 is 1.88 bits per heavy atom. The number of nitrogens with one attached hydrogen (secondary N) is 1. The lowest BCUT2D eigenvalue weighted by Crippen LogP contribution is -2.26. The van der Waals surface area contributed by atoms with Gasteiger partial charge in [0.1, 0.15) is 11.9 Å². The molecule has 0 heterocycles. The molecular formula is C18H23ClIN3O2. The van der Waals surface area contributed by atoms with Crippen molar-refractivity contribution in [1.29, 1.82) is 0 Å². The van der Waals surface area contributed by atoms with Crippen molar-refractivity contribution in [2.24, 2.45) is 10.7 Å². The Morgan fingerprint density at radius 1 is 1.20 bits per heavy atom. The SMILES string of the molecule is COCc1ccccc1NC(N)=NCC(C)Oc1ccc(Cl)cc1.I. The first-order valence-electron chi connectivity index (χ1n) is 7.64. The first-order valence-corrected chi connectivity index (χ1v) is 8.02. The minimum absolute atomic E-state index is 0. The van der Waals surface area contributed by atoms with Gasteiger partial charge in [-0.1, -0.05) is 29.8 Å². The molecule has 1 atom stereocenters. The number of para-hydroxylation sites is 1. The average molecular weight is 476 g/mol. The van der Waals surface area contributed by atoms with Gasteiger partial charge in [-0.25, -0.2) is 4.99 Å². The molecule has 2 rings (SSSR count). The number of benzene rings is 2. The number of nitrogens with two attached hydrogens (primary N) is 1. The zero-order valence-corrected chi connectivity index (χ0v) is 17.3. The number of guanidine groups is 1. The number of hydrogen-bond donors (Lipinski definition) is 2. The Bertz CT molecular complexity index is 680. The van der Waals surface area contributed by atoms with Crippen molar-refractivity contribution in [1.82, 2.24) is 0 Å². The van der Waals surface area contributed by atoms with E-state index in [1.807, 2.05) is 43.3 Å². The van der Waals surface area contributed by atoms with Crippen LogP contribution in [0.1, 0.15) is 12.5 Å². The molecule has 0 saturated heterocycles. The Hall–Kier alpha value is -1.51. The predicted octanol–water partition coefficient (Wildman–Crippen LogP) is 4.30. The maximum absolute atomic E-state index is 5.96. The van der Waals surface area contributed by atoms with Crippen LogP contribution in [0.2, 0.25) is 5.02 Å². The van der Waals surface area contributed by atoms with Crippen molar-refractivity contribution in [3.63, 3.8) is 0 Å². The van der Waals surface area contributed by atoms with Crippen molar-refractivity contribution in [3.05, 3.63) is 59.1 Å². The molecule has 0 aromatic heterocycles. The standard InChI is InChI=1S/C18H22ClN3O2.HI/c1-13(24-16-9-7-15(19)8-10-16)11-21-18(20)22-17-6-4-3-5-14(17)12-23-2;/h3-10,13H,11-12H2,1-2H3,(H3,20,21,22);1H. The van der Waals surface area contributed by atoms with Crippen LogP contribution >= 0.6 is 35.6 Å². The van der Waals surface area contributed by atoms with Crippen LogP contribution in [0.3, 0.4) is 0 Å². The molecule has 2 aromatic rings. The molecule has 0 aliphatic heterocycles. The number of aliphatic imine (C=N–C) groups is 1. The molecule has 0 aliphatic carbocycles. The number of nitrogens with zero attached hydrogens (tertiary/aromatic N) is 1. The Morgan fingerprint density at radius 3 is 2.56 bits per heavy atom. The monoisotopic (exact) mass is 475 g/mol. The lowest BCUT2D eigenvalue weighted by molar-refractivity contribution is 0.185. The summed E-state index contributed by atoms with van der Waals surface area (Å²) in [4.78, 5) is 4.33. The summed E-state index contributed by atoms with van der Waals surface area (Å²) in [6, 6.07) is 15.0. The van der Waals surface area contributed by atoms with Crippen molar-refractivity contribution < 1.29 is 9.47 Å². The minimum atomic E-state index is -0.110. The molecule has 0 amide bonds. The molecule has 0 saturated carbocycles. The number of methoxy groups -OCH3 is 1. The van der Waals surface area contributed by atoms with Gasteiger partial charge in [0.25, 0.3) is 0 Å². The summed E-state index contributed by atoms with van der Waals surface area (Å²) in [5.41, 5.74) is 7.86. The van der Waals surface area contributed by atoms with E-state index in [1.54, 1.807) is 19.2 Å². The molecule has 0 aliphatic rings. The predicted molar refractivity (Wildman–Crippen MR) is 114 cm³/mol. The first-order chi connectivity index (χ1) is 11.6. The van der Waals surface area contributed by atoms with Gasteiger partial charge in [0.2, 0.25) is 0 Å². The largest absolute Gasteiger partial charge is 0.489 e. The Balaban J connectivity index is 0.00000312. The maximum Gasteiger partial charge on any atom is 0.193 e. The summed E-state index contributed by atoms with van der Waals surface area (Å²) < 4.78 is 10.9. The van der Waals surface area contributed by atoms with Crippen LogP contribution in [0, 0.1) is 0 Å². The number of anilines is 1. The Labute approximate surface area is 170 Å². The van der Waals surface area contributed by atoms with Gasteiger partial charge in [0.15, 0.2) is 5.96 Å². The lowest BCUT2D eigenvalue weighted by atomic mass is 10.2. The van der Waals surface area contributed by atoms with E-state index in [4.69, 9.17) is 26.8 Å². The van der Waals surface area contributed by atoms with Gasteiger partial charge in [-0.3, -0.25) is 0 Å². The van der Waals surface area contributed by atoms with E-state index in [0.29, 0.717) is 24.1 Å². The van der Waals surface area contributed by atoms with E-state index < -0.39 is 0 Å². The summed E-state index contributed by atoms with van der Waals surface area (Å²) >= 11 is 5.85. The topological polar surface area (TPSA) is 68.9 Å². The summed E-state index contributed by atoms with van der Waals surface area (Å²) in [7, 11) is 1.66. The Kier molecular flexibility index (Phi) is 9.62. The van der Waals surface area contributed by atoms with Crippen LogP contribution < -0.4 is 15.8 Å². The average Bonchev–Trinajstić information content (AvgIpc) is 2.57. The van der Waals surface area contributed by atoms with Crippen LogP contribution in [-0.4, -0.2) is 25.7 Å². The van der Waals surface area contributed by atoms with E-state index in [1.165, 1.54) is 0 Å². The second kappa shape index (κ2) is 11.2. The van der Waals surface area contributed by atoms with Crippen LogP contribution in [0.25, 0.3) is 0 Å². The molecule has 2 aromatic carbocycles. The third-order valence-corrected chi connectivity index (χ3v) is 3.50. The zero-order valence-electron chi connectivity index (χ0n) is 14.2. The molecule has 0 radical (unpaired) electrons. The first kappa shape index (κ1) is 21.5. The van der Waals surface area contributed by atoms with Gasteiger partial charge in [-0.2, -0.15) is 0 Å². The number of rotatable bonds is 7. The quantitative estimate of drug-likeness (QED) is 0.356. The number of halogens is 2. The van der Waals surface area contributed by atoms with Gasteiger partial charge in [0, 0.05) is 23.4 Å². The highest BCUT2D eigenvalue weighted by Gasteiger charge is 2.05. The molecule has 0 spiro atoms. The van der Waals surface area contributed by atoms with Crippen molar-refractivity contribution in [2.75, 3.05) is 19.0 Å². The van der Waals surface area contributed by atoms with Crippen LogP contribution in [0.15, 0.2) is 53.5 Å². The molecule has 7 heteroatoms. The van der Waals surface area contributed by atoms with Crippen LogP contribution in [0.5, 0.6) is 5.75 Å². The van der Waals surface area contributed by atoms with E-state index in [9.17, 15) is 0 Å². The molecule has 3 N–H and O–H groups in total. The zero-order chi connectivity index (χ0) is 17.4. The summed E-state index contributed by atoms with van der Waals surface area (Å²) in [5, 5.41) is 3.77. The summed E-state index contributed by atoms with van der Waals surface area (Å²) in [6.45, 7) is 2.88. The highest BCUT2D eigenvalue weighted by Crippen LogP contribution is 2.17. The number of hydrogen-bond acceptors (Lipinski definition) is 3. The van der Waals surface area contributed by atoms with E-state index in [2.05, 4.69) is 10.3 Å². The van der Waals surface area contributed by atoms with Crippen LogP contribution in [0.4, 0.5) is 5.69 Å². The molecule has 5 nitrogen and oxygen atoms in total. The molecule has 0 fully saturated rings. The molecule has 25 heavy (non-hydrogen) atoms. The highest BCUT2D eigenvalue weighted by atomic mass is 127. The normalized spacial score (nSPS) is 12.2. The smallest absolute Gasteiger partial charge is 0.193 e. The lowest BCUT2D eigenvalue weighted by Gasteiger charge is -2.14. The fourth-order valence-corrected chi connectivity index (χ4v) is 2.24. The second-order valence-electron chi connectivity index (χ2n) is 5.32. The van der Waals surface area contributed by atoms with Crippen molar-refractivity contribution in [2.45, 2.75) is 19.6 Å². The van der Waals surface area contributed by atoms with Crippen molar-refractivity contribution >= 4 is 47.2 Å². The van der Waals surface area contributed by atoms with Gasteiger partial charge in [-0.15, -0.1) is 24.0 Å². The molecule has 0 bridgehead atoms. The van der Waals surface area contributed by atoms with E-state index >= 15 is 0 Å². The van der Waals surface area contributed by atoms with Crippen LogP contribution in [-0.2, 0) is 11.3 Å².